The van der Waals surface area contributed by atoms with Crippen LogP contribution in [0.3, 0.4) is 0 Å². The maximum absolute atomic E-state index is 5.76. The van der Waals surface area contributed by atoms with Crippen molar-refractivity contribution >= 4 is 11.8 Å². The van der Waals surface area contributed by atoms with E-state index in [9.17, 15) is 0 Å². The molecule has 1 aromatic rings. The Morgan fingerprint density at radius 1 is 1.50 bits per heavy atom. The van der Waals surface area contributed by atoms with E-state index in [-0.39, 0.29) is 0 Å². The van der Waals surface area contributed by atoms with Gasteiger partial charge in [-0.1, -0.05) is 12.7 Å². The summed E-state index contributed by atoms with van der Waals surface area (Å²) in [4.78, 5) is 0. The van der Waals surface area contributed by atoms with Crippen molar-refractivity contribution in [3.05, 3.63) is 29.8 Å². The van der Waals surface area contributed by atoms with Crippen molar-refractivity contribution in [1.82, 2.24) is 0 Å². The van der Waals surface area contributed by atoms with E-state index in [1.807, 2.05) is 19.1 Å². The lowest BCUT2D eigenvalue weighted by Crippen LogP contribution is -1.94. The lowest BCUT2D eigenvalue weighted by Gasteiger charge is -2.08. The number of hydrogen-bond acceptors (Lipinski definition) is 2. The highest BCUT2D eigenvalue weighted by Gasteiger charge is 2.03. The highest BCUT2D eigenvalue weighted by Crippen LogP contribution is 2.26. The van der Waals surface area contributed by atoms with E-state index in [1.165, 1.54) is 0 Å². The van der Waals surface area contributed by atoms with Gasteiger partial charge in [-0.3, -0.25) is 0 Å². The zero-order chi connectivity index (χ0) is 9.14. The SMILES string of the molecule is C=Cc1c(N)cc(C)cc1OC. The summed E-state index contributed by atoms with van der Waals surface area (Å²) in [5, 5.41) is 0. The van der Waals surface area contributed by atoms with Crippen LogP contribution < -0.4 is 10.5 Å². The highest BCUT2D eigenvalue weighted by molar-refractivity contribution is 5.70. The number of nitrogen functional groups attached to an aromatic ring is 1. The fourth-order valence-corrected chi connectivity index (χ4v) is 1.18. The number of nitrogens with two attached hydrogens (primary N) is 1. The molecule has 64 valence electrons. The average molecular weight is 163 g/mol. The Balaban J connectivity index is 3.33. The Hall–Kier alpha value is -1.44. The molecule has 0 aliphatic heterocycles. The molecule has 0 atom stereocenters. The third kappa shape index (κ3) is 1.42. The van der Waals surface area contributed by atoms with Gasteiger partial charge in [-0.25, -0.2) is 0 Å². The van der Waals surface area contributed by atoms with Crippen molar-refractivity contribution < 1.29 is 4.74 Å². The van der Waals surface area contributed by atoms with Crippen molar-refractivity contribution in [3.63, 3.8) is 0 Å². The van der Waals surface area contributed by atoms with Crippen LogP contribution in [-0.4, -0.2) is 7.11 Å². The molecule has 0 radical (unpaired) electrons. The molecule has 0 spiro atoms. The van der Waals surface area contributed by atoms with Crippen LogP contribution in [0.1, 0.15) is 11.1 Å². The van der Waals surface area contributed by atoms with E-state index in [4.69, 9.17) is 10.5 Å². The number of aryl methyl sites for hydroxylation is 1. The monoisotopic (exact) mass is 163 g/mol. The minimum Gasteiger partial charge on any atom is -0.496 e. The summed E-state index contributed by atoms with van der Waals surface area (Å²) in [6.45, 7) is 5.65. The van der Waals surface area contributed by atoms with Crippen molar-refractivity contribution in [2.45, 2.75) is 6.92 Å². The molecule has 0 aliphatic carbocycles. The first kappa shape index (κ1) is 8.65. The summed E-state index contributed by atoms with van der Waals surface area (Å²) in [5.74, 6) is 0.780. The molecule has 0 saturated heterocycles. The lowest BCUT2D eigenvalue weighted by molar-refractivity contribution is 0.414. The van der Waals surface area contributed by atoms with E-state index < -0.39 is 0 Å². The molecule has 2 N–H and O–H groups in total. The lowest BCUT2D eigenvalue weighted by atomic mass is 10.1. The topological polar surface area (TPSA) is 35.2 Å². The number of rotatable bonds is 2. The standard InChI is InChI=1S/C10H13NO/c1-4-8-9(11)5-7(2)6-10(8)12-3/h4-6H,1,11H2,2-3H3. The molecule has 0 bridgehead atoms. The molecule has 0 heterocycles. The second kappa shape index (κ2) is 3.30. The van der Waals surface area contributed by atoms with Crippen LogP contribution >= 0.6 is 0 Å². The summed E-state index contributed by atoms with van der Waals surface area (Å²) in [5.41, 5.74) is 8.42. The van der Waals surface area contributed by atoms with Crippen LogP contribution in [0.2, 0.25) is 0 Å². The average Bonchev–Trinajstić information content (AvgIpc) is 2.03. The van der Waals surface area contributed by atoms with Gasteiger partial charge in [0.1, 0.15) is 5.75 Å². The first-order chi connectivity index (χ1) is 5.69. The number of methoxy groups -OCH3 is 1. The van der Waals surface area contributed by atoms with Crippen molar-refractivity contribution in [2.75, 3.05) is 12.8 Å². The maximum atomic E-state index is 5.76. The van der Waals surface area contributed by atoms with Crippen LogP contribution in [0, 0.1) is 6.92 Å². The molecular weight excluding hydrogens is 150 g/mol. The van der Waals surface area contributed by atoms with Crippen LogP contribution in [0.15, 0.2) is 18.7 Å². The Kier molecular flexibility index (Phi) is 2.38. The first-order valence-electron chi connectivity index (χ1n) is 3.75. The van der Waals surface area contributed by atoms with Gasteiger partial charge in [0.05, 0.1) is 7.11 Å². The van der Waals surface area contributed by atoms with Crippen LogP contribution in [0.25, 0.3) is 6.08 Å². The Labute approximate surface area is 72.7 Å². The van der Waals surface area contributed by atoms with Crippen LogP contribution in [0.5, 0.6) is 5.75 Å². The minimum atomic E-state index is 0.710. The molecule has 0 saturated carbocycles. The smallest absolute Gasteiger partial charge is 0.128 e. The molecule has 0 aliphatic rings. The van der Waals surface area contributed by atoms with Crippen molar-refractivity contribution in [1.29, 1.82) is 0 Å². The summed E-state index contributed by atoms with van der Waals surface area (Å²) < 4.78 is 5.15. The van der Waals surface area contributed by atoms with Gasteiger partial charge < -0.3 is 10.5 Å². The summed E-state index contributed by atoms with van der Waals surface area (Å²) in [7, 11) is 1.63. The third-order valence-electron chi connectivity index (χ3n) is 1.74. The van der Waals surface area contributed by atoms with E-state index in [1.54, 1.807) is 13.2 Å². The van der Waals surface area contributed by atoms with Gasteiger partial charge in [0.25, 0.3) is 0 Å². The quantitative estimate of drug-likeness (QED) is 0.678. The zero-order valence-electron chi connectivity index (χ0n) is 7.42. The molecular formula is C10H13NO. The molecule has 1 rings (SSSR count). The summed E-state index contributed by atoms with van der Waals surface area (Å²) >= 11 is 0. The first-order valence-corrected chi connectivity index (χ1v) is 3.75. The predicted octanol–water partition coefficient (Wildman–Crippen LogP) is 2.23. The fourth-order valence-electron chi connectivity index (χ4n) is 1.18. The van der Waals surface area contributed by atoms with Crippen molar-refractivity contribution in [2.24, 2.45) is 0 Å². The molecule has 0 amide bonds. The summed E-state index contributed by atoms with van der Waals surface area (Å²) in [6.07, 6.45) is 1.70. The van der Waals surface area contributed by atoms with Gasteiger partial charge in [-0.2, -0.15) is 0 Å². The number of ether oxygens (including phenoxy) is 1. The van der Waals surface area contributed by atoms with E-state index >= 15 is 0 Å². The number of anilines is 1. The van der Waals surface area contributed by atoms with Gasteiger partial charge in [0.15, 0.2) is 0 Å². The van der Waals surface area contributed by atoms with Gasteiger partial charge in [0.2, 0.25) is 0 Å². The Morgan fingerprint density at radius 3 is 2.67 bits per heavy atom. The van der Waals surface area contributed by atoms with Gasteiger partial charge in [-0.15, -0.1) is 0 Å². The molecule has 0 fully saturated rings. The van der Waals surface area contributed by atoms with Crippen LogP contribution in [0.4, 0.5) is 5.69 Å². The van der Waals surface area contributed by atoms with E-state index in [0.717, 1.165) is 16.9 Å². The van der Waals surface area contributed by atoms with Gasteiger partial charge in [-0.05, 0) is 24.6 Å². The van der Waals surface area contributed by atoms with Gasteiger partial charge >= 0.3 is 0 Å². The minimum absolute atomic E-state index is 0.710. The maximum Gasteiger partial charge on any atom is 0.128 e. The zero-order valence-corrected chi connectivity index (χ0v) is 7.42. The molecule has 12 heavy (non-hydrogen) atoms. The second-order valence-corrected chi connectivity index (χ2v) is 2.67. The Morgan fingerprint density at radius 2 is 2.17 bits per heavy atom. The molecule has 0 aromatic heterocycles. The highest BCUT2D eigenvalue weighted by atomic mass is 16.5. The predicted molar refractivity (Wildman–Crippen MR) is 52.2 cm³/mol. The Bertz CT molecular complexity index is 305. The van der Waals surface area contributed by atoms with E-state index in [2.05, 4.69) is 6.58 Å². The van der Waals surface area contributed by atoms with Crippen molar-refractivity contribution in [3.8, 4) is 5.75 Å². The largest absolute Gasteiger partial charge is 0.496 e. The van der Waals surface area contributed by atoms with Crippen LogP contribution in [-0.2, 0) is 0 Å². The second-order valence-electron chi connectivity index (χ2n) is 2.67. The fraction of sp³-hybridized carbons (Fsp3) is 0.200. The van der Waals surface area contributed by atoms with E-state index in [0.29, 0.717) is 5.69 Å². The van der Waals surface area contributed by atoms with Gasteiger partial charge in [0, 0.05) is 11.3 Å². The number of hydrogen-bond donors (Lipinski definition) is 1. The normalized spacial score (nSPS) is 9.50. The number of benzene rings is 1. The molecule has 0 unspecified atom stereocenters. The molecule has 1 aromatic carbocycles. The molecule has 2 nitrogen and oxygen atoms in total. The third-order valence-corrected chi connectivity index (χ3v) is 1.74. The molecule has 2 heteroatoms. The summed E-state index contributed by atoms with van der Waals surface area (Å²) in [6, 6.07) is 3.84.